The molecule has 6 heteroatoms. The summed E-state index contributed by atoms with van der Waals surface area (Å²) in [5, 5.41) is 0. The minimum atomic E-state index is -0.802. The van der Waals surface area contributed by atoms with Crippen LogP contribution in [0.3, 0.4) is 0 Å². The van der Waals surface area contributed by atoms with Crippen molar-refractivity contribution in [2.75, 3.05) is 13.2 Å². The van der Waals surface area contributed by atoms with E-state index in [4.69, 9.17) is 14.2 Å². The molecule has 0 aliphatic heterocycles. The summed E-state index contributed by atoms with van der Waals surface area (Å²) in [6.07, 6.45) is 69.6. The van der Waals surface area contributed by atoms with Crippen LogP contribution in [0.2, 0.25) is 0 Å². The Morgan fingerprint density at radius 1 is 0.323 bits per heavy atom. The Labute approximate surface area is 400 Å². The molecule has 0 aromatic heterocycles. The van der Waals surface area contributed by atoms with Gasteiger partial charge >= 0.3 is 17.9 Å². The van der Waals surface area contributed by atoms with Gasteiger partial charge in [-0.15, -0.1) is 0 Å². The van der Waals surface area contributed by atoms with E-state index >= 15 is 0 Å². The standard InChI is InChI=1S/C59H98O6/c1-4-7-10-13-16-19-22-25-28-29-30-31-32-35-37-40-43-46-49-52-58(61)64-55-56(65-59(62)53-50-47-44-41-38-34-27-24-21-18-15-12-9-6-3)54-63-57(60)51-48-45-42-39-36-33-26-23-20-17-14-11-8-5-2/h7,9-10,12,16,18-19,21,25,27-28,30-31,33-34,36,56H,4-6,8,11,13-15,17,20,22-24,26,29,32,35,37-55H2,1-3H3/b10-7-,12-9-,19-16-,21-18-,28-25-,31-30-,34-27-,36-33-. The number of hydrogen-bond donors (Lipinski definition) is 0. The van der Waals surface area contributed by atoms with E-state index in [2.05, 4.69) is 118 Å². The fourth-order valence-corrected chi connectivity index (χ4v) is 7.09. The highest BCUT2D eigenvalue weighted by Gasteiger charge is 2.19. The second-order valence-corrected chi connectivity index (χ2v) is 17.4. The molecule has 0 N–H and O–H groups in total. The van der Waals surface area contributed by atoms with Crippen LogP contribution in [0.25, 0.3) is 0 Å². The highest BCUT2D eigenvalue weighted by molar-refractivity contribution is 5.71. The molecule has 1 atom stereocenters. The molecule has 0 aliphatic carbocycles. The van der Waals surface area contributed by atoms with Gasteiger partial charge in [-0.2, -0.15) is 0 Å². The van der Waals surface area contributed by atoms with E-state index < -0.39 is 6.10 Å². The maximum atomic E-state index is 12.8. The van der Waals surface area contributed by atoms with Crippen molar-refractivity contribution < 1.29 is 28.6 Å². The summed E-state index contributed by atoms with van der Waals surface area (Å²) < 4.78 is 16.8. The third kappa shape index (κ3) is 51.2. The minimum absolute atomic E-state index is 0.0999. The molecule has 0 saturated heterocycles. The van der Waals surface area contributed by atoms with Gasteiger partial charge in [-0.1, -0.05) is 201 Å². The molecule has 0 aliphatic rings. The van der Waals surface area contributed by atoms with Crippen molar-refractivity contribution in [1.82, 2.24) is 0 Å². The van der Waals surface area contributed by atoms with Gasteiger partial charge in [0.25, 0.3) is 0 Å². The van der Waals surface area contributed by atoms with E-state index in [9.17, 15) is 14.4 Å². The number of unbranched alkanes of at least 4 members (excludes halogenated alkanes) is 20. The van der Waals surface area contributed by atoms with Gasteiger partial charge in [0.05, 0.1) is 0 Å². The van der Waals surface area contributed by atoms with Gasteiger partial charge in [0.15, 0.2) is 6.10 Å². The van der Waals surface area contributed by atoms with Crippen molar-refractivity contribution in [3.05, 3.63) is 97.2 Å². The van der Waals surface area contributed by atoms with Crippen LogP contribution in [0.4, 0.5) is 0 Å². The molecule has 65 heavy (non-hydrogen) atoms. The molecule has 0 saturated carbocycles. The highest BCUT2D eigenvalue weighted by Crippen LogP contribution is 2.13. The molecule has 0 aromatic rings. The average molecular weight is 903 g/mol. The number of hydrogen-bond acceptors (Lipinski definition) is 6. The van der Waals surface area contributed by atoms with E-state index in [1.807, 2.05) is 0 Å². The Balaban J connectivity index is 4.45. The van der Waals surface area contributed by atoms with Crippen LogP contribution in [0.15, 0.2) is 97.2 Å². The van der Waals surface area contributed by atoms with Crippen LogP contribution < -0.4 is 0 Å². The Morgan fingerprint density at radius 3 is 0.969 bits per heavy atom. The smallest absolute Gasteiger partial charge is 0.306 e. The predicted molar refractivity (Wildman–Crippen MR) is 279 cm³/mol. The van der Waals surface area contributed by atoms with E-state index in [1.165, 1.54) is 57.8 Å². The molecule has 0 spiro atoms. The third-order valence-corrected chi connectivity index (χ3v) is 11.1. The Kier molecular flexibility index (Phi) is 50.0. The van der Waals surface area contributed by atoms with E-state index in [0.29, 0.717) is 19.3 Å². The van der Waals surface area contributed by atoms with Gasteiger partial charge in [-0.05, 0) is 116 Å². The van der Waals surface area contributed by atoms with Gasteiger partial charge < -0.3 is 14.2 Å². The zero-order chi connectivity index (χ0) is 47.2. The van der Waals surface area contributed by atoms with Crippen molar-refractivity contribution >= 4 is 17.9 Å². The van der Waals surface area contributed by atoms with Crippen molar-refractivity contribution in [2.45, 2.75) is 245 Å². The zero-order valence-electron chi connectivity index (χ0n) is 42.2. The molecular formula is C59H98O6. The van der Waals surface area contributed by atoms with E-state index in [1.54, 1.807) is 0 Å². The van der Waals surface area contributed by atoms with Crippen LogP contribution >= 0.6 is 0 Å². The third-order valence-electron chi connectivity index (χ3n) is 11.1. The lowest BCUT2D eigenvalue weighted by molar-refractivity contribution is -0.167. The maximum Gasteiger partial charge on any atom is 0.306 e. The Morgan fingerprint density at radius 2 is 0.600 bits per heavy atom. The molecule has 1 unspecified atom stereocenters. The lowest BCUT2D eigenvalue weighted by Crippen LogP contribution is -2.30. The van der Waals surface area contributed by atoms with Gasteiger partial charge in [-0.3, -0.25) is 14.4 Å². The van der Waals surface area contributed by atoms with Crippen molar-refractivity contribution in [3.63, 3.8) is 0 Å². The monoisotopic (exact) mass is 903 g/mol. The lowest BCUT2D eigenvalue weighted by Gasteiger charge is -2.18. The second-order valence-electron chi connectivity index (χ2n) is 17.4. The summed E-state index contributed by atoms with van der Waals surface area (Å²) in [7, 11) is 0. The topological polar surface area (TPSA) is 78.9 Å². The first-order valence-corrected chi connectivity index (χ1v) is 26.7. The van der Waals surface area contributed by atoms with Crippen LogP contribution in [-0.2, 0) is 28.6 Å². The van der Waals surface area contributed by atoms with E-state index in [0.717, 1.165) is 141 Å². The molecular weight excluding hydrogens is 805 g/mol. The van der Waals surface area contributed by atoms with Gasteiger partial charge in [0.2, 0.25) is 0 Å². The molecule has 0 rings (SSSR count). The first-order chi connectivity index (χ1) is 32.0. The molecule has 0 aromatic carbocycles. The summed E-state index contributed by atoms with van der Waals surface area (Å²) >= 11 is 0. The SMILES string of the molecule is CC/C=C\C/C=C\C/C=C\C/C=C\CCCCCCCCC(=O)OCC(COC(=O)CCCCC/C=C\CCCCCCCCC)OC(=O)CCCCCC/C=C\C/C=C\C/C=C\CC. The molecule has 0 radical (unpaired) electrons. The lowest BCUT2D eigenvalue weighted by atomic mass is 10.1. The highest BCUT2D eigenvalue weighted by atomic mass is 16.6. The van der Waals surface area contributed by atoms with Gasteiger partial charge in [-0.25, -0.2) is 0 Å². The van der Waals surface area contributed by atoms with Gasteiger partial charge in [0, 0.05) is 19.3 Å². The number of allylic oxidation sites excluding steroid dienone is 16. The maximum absolute atomic E-state index is 12.8. The number of carbonyl (C=O) groups excluding carboxylic acids is 3. The normalized spacial score (nSPS) is 12.8. The largest absolute Gasteiger partial charge is 0.462 e. The van der Waals surface area contributed by atoms with Crippen molar-refractivity contribution in [2.24, 2.45) is 0 Å². The average Bonchev–Trinajstić information content (AvgIpc) is 3.30. The molecule has 0 bridgehead atoms. The summed E-state index contributed by atoms with van der Waals surface area (Å²) in [6, 6.07) is 0. The van der Waals surface area contributed by atoms with Crippen LogP contribution in [0, 0.1) is 0 Å². The fraction of sp³-hybridized carbons (Fsp3) is 0.678. The molecule has 0 fully saturated rings. The molecule has 6 nitrogen and oxygen atoms in total. The summed E-state index contributed by atoms with van der Waals surface area (Å²) in [4.78, 5) is 38.0. The predicted octanol–water partition coefficient (Wildman–Crippen LogP) is 17.8. The molecule has 0 amide bonds. The number of carbonyl (C=O) groups is 3. The number of esters is 3. The Hall–Kier alpha value is -3.67. The van der Waals surface area contributed by atoms with Crippen molar-refractivity contribution in [1.29, 1.82) is 0 Å². The summed E-state index contributed by atoms with van der Waals surface area (Å²) in [5.74, 6) is -0.952. The fourth-order valence-electron chi connectivity index (χ4n) is 7.09. The Bertz CT molecular complexity index is 1310. The second kappa shape index (κ2) is 52.9. The summed E-state index contributed by atoms with van der Waals surface area (Å²) in [6.45, 7) is 6.36. The number of ether oxygens (including phenoxy) is 3. The molecule has 370 valence electrons. The minimum Gasteiger partial charge on any atom is -0.462 e. The van der Waals surface area contributed by atoms with Crippen molar-refractivity contribution in [3.8, 4) is 0 Å². The molecule has 0 heterocycles. The quantitative estimate of drug-likeness (QED) is 0.0262. The van der Waals surface area contributed by atoms with Crippen LogP contribution in [0.5, 0.6) is 0 Å². The van der Waals surface area contributed by atoms with Crippen LogP contribution in [0.1, 0.15) is 239 Å². The first kappa shape index (κ1) is 61.3. The number of rotatable bonds is 47. The zero-order valence-corrected chi connectivity index (χ0v) is 42.2. The first-order valence-electron chi connectivity index (χ1n) is 26.7. The summed E-state index contributed by atoms with van der Waals surface area (Å²) in [5.41, 5.74) is 0. The van der Waals surface area contributed by atoms with E-state index in [-0.39, 0.29) is 31.1 Å². The van der Waals surface area contributed by atoms with Crippen LogP contribution in [-0.4, -0.2) is 37.2 Å². The van der Waals surface area contributed by atoms with Gasteiger partial charge in [0.1, 0.15) is 13.2 Å².